The fraction of sp³-hybridized carbons (Fsp3) is 0.161. The van der Waals surface area contributed by atoms with Crippen molar-refractivity contribution in [1.82, 2.24) is 14.8 Å². The number of rotatable bonds is 9. The van der Waals surface area contributed by atoms with Gasteiger partial charge in [-0.25, -0.2) is 0 Å². The number of aliphatic imine (C=N–C) groups is 1. The first-order valence-corrected chi connectivity index (χ1v) is 13.3. The SMILES string of the molecule is CN(C)C(=O)c1cccc(Oc2nc(Oc3cc(C(=N)N)ccc3O)c(F)c(Oc3cccc(C4=NCCN4C)c3)c2F)c1. The molecule has 0 saturated carbocycles. The number of aromatic nitrogens is 1. The number of aromatic hydroxyl groups is 1. The normalized spacial score (nSPS) is 12.5. The summed E-state index contributed by atoms with van der Waals surface area (Å²) in [6, 6.07) is 16.2. The lowest BCUT2D eigenvalue weighted by atomic mass is 10.2. The van der Waals surface area contributed by atoms with Gasteiger partial charge in [-0.15, -0.1) is 0 Å². The van der Waals surface area contributed by atoms with Crippen LogP contribution >= 0.6 is 0 Å². The Labute approximate surface area is 251 Å². The fourth-order valence-corrected chi connectivity index (χ4v) is 4.30. The van der Waals surface area contributed by atoms with Crippen LogP contribution in [0.5, 0.6) is 40.5 Å². The standard InChI is InChI=1S/C31H28F2N6O5/c1-38(2)31(41)19-7-5-9-21(15-19)43-29-24(32)26(42-20-8-4-6-18(14-20)28-36-12-13-39(28)3)25(33)30(37-29)44-23-16-17(27(34)35)10-11-22(23)40/h4-11,14-16,40H,12-13H2,1-3H3,(H3,34,35). The second-order valence-electron chi connectivity index (χ2n) is 9.96. The van der Waals surface area contributed by atoms with Gasteiger partial charge in [0.15, 0.2) is 11.5 Å². The number of carbonyl (C=O) groups excluding carboxylic acids is 1. The smallest absolute Gasteiger partial charge is 0.263 e. The lowest BCUT2D eigenvalue weighted by Crippen LogP contribution is -2.23. The Morgan fingerprint density at radius 2 is 1.64 bits per heavy atom. The van der Waals surface area contributed by atoms with Crippen LogP contribution in [0.25, 0.3) is 0 Å². The van der Waals surface area contributed by atoms with E-state index < -0.39 is 34.9 Å². The van der Waals surface area contributed by atoms with Crippen molar-refractivity contribution in [2.24, 2.45) is 10.7 Å². The summed E-state index contributed by atoms with van der Waals surface area (Å²) in [6.07, 6.45) is 0. The molecule has 2 heterocycles. The molecule has 1 aliphatic heterocycles. The van der Waals surface area contributed by atoms with E-state index in [0.29, 0.717) is 17.9 Å². The zero-order chi connectivity index (χ0) is 31.5. The molecule has 0 radical (unpaired) electrons. The highest BCUT2D eigenvalue weighted by atomic mass is 19.1. The first-order valence-electron chi connectivity index (χ1n) is 13.3. The van der Waals surface area contributed by atoms with E-state index >= 15 is 8.78 Å². The molecule has 1 aliphatic rings. The van der Waals surface area contributed by atoms with Gasteiger partial charge < -0.3 is 34.9 Å². The summed E-state index contributed by atoms with van der Waals surface area (Å²) in [5.41, 5.74) is 6.65. The highest BCUT2D eigenvalue weighted by Gasteiger charge is 2.27. The van der Waals surface area contributed by atoms with Gasteiger partial charge >= 0.3 is 0 Å². The number of hydrogen-bond acceptors (Lipinski definition) is 9. The molecule has 1 aromatic heterocycles. The predicted molar refractivity (Wildman–Crippen MR) is 158 cm³/mol. The Balaban J connectivity index is 1.58. The zero-order valence-electron chi connectivity index (χ0n) is 24.0. The average Bonchev–Trinajstić information content (AvgIpc) is 3.44. The largest absolute Gasteiger partial charge is 0.504 e. The fourth-order valence-electron chi connectivity index (χ4n) is 4.30. The first-order chi connectivity index (χ1) is 21.0. The molecular weight excluding hydrogens is 574 g/mol. The molecule has 0 spiro atoms. The zero-order valence-corrected chi connectivity index (χ0v) is 24.0. The molecule has 44 heavy (non-hydrogen) atoms. The summed E-state index contributed by atoms with van der Waals surface area (Å²) in [5.74, 6) is -5.63. The number of nitrogen functional groups attached to an aromatic ring is 1. The van der Waals surface area contributed by atoms with Crippen molar-refractivity contribution in [3.63, 3.8) is 0 Å². The number of nitrogens with zero attached hydrogens (tertiary/aromatic N) is 4. The van der Waals surface area contributed by atoms with Crippen molar-refractivity contribution >= 4 is 17.6 Å². The number of nitrogens with one attached hydrogen (secondary N) is 1. The Kier molecular flexibility index (Phi) is 8.29. The maximum absolute atomic E-state index is 15.9. The van der Waals surface area contributed by atoms with Gasteiger partial charge in [0.05, 0.1) is 6.54 Å². The number of pyridine rings is 1. The summed E-state index contributed by atoms with van der Waals surface area (Å²) in [7, 11) is 5.03. The molecule has 0 aliphatic carbocycles. The van der Waals surface area contributed by atoms with Crippen molar-refractivity contribution in [3.8, 4) is 40.5 Å². The summed E-state index contributed by atoms with van der Waals surface area (Å²) >= 11 is 0. The van der Waals surface area contributed by atoms with E-state index in [2.05, 4.69) is 9.98 Å². The van der Waals surface area contributed by atoms with Crippen LogP contribution in [0.15, 0.2) is 71.7 Å². The van der Waals surface area contributed by atoms with E-state index in [9.17, 15) is 9.90 Å². The average molecular weight is 603 g/mol. The number of hydrogen-bond donors (Lipinski definition) is 3. The first kappa shape index (κ1) is 29.8. The van der Waals surface area contributed by atoms with Crippen molar-refractivity contribution in [3.05, 3.63) is 95.1 Å². The summed E-state index contributed by atoms with van der Waals surface area (Å²) in [4.78, 5) is 24.1. The van der Waals surface area contributed by atoms with Crippen LogP contribution in [0.4, 0.5) is 8.78 Å². The van der Waals surface area contributed by atoms with E-state index in [1.165, 1.54) is 47.4 Å². The third kappa shape index (κ3) is 6.21. The lowest BCUT2D eigenvalue weighted by Gasteiger charge is -2.17. The monoisotopic (exact) mass is 602 g/mol. The quantitative estimate of drug-likeness (QED) is 0.177. The Morgan fingerprint density at radius 1 is 0.955 bits per heavy atom. The molecule has 226 valence electrons. The molecule has 0 bridgehead atoms. The number of benzene rings is 3. The number of phenolic OH excluding ortho intramolecular Hbond substituents is 1. The Bertz CT molecular complexity index is 1800. The van der Waals surface area contributed by atoms with Gasteiger partial charge in [-0.3, -0.25) is 15.2 Å². The van der Waals surface area contributed by atoms with Gasteiger partial charge in [-0.05, 0) is 48.5 Å². The second-order valence-corrected chi connectivity index (χ2v) is 9.96. The molecule has 0 unspecified atom stereocenters. The van der Waals surface area contributed by atoms with Crippen LogP contribution in [0.2, 0.25) is 0 Å². The third-order valence-electron chi connectivity index (χ3n) is 6.53. The highest BCUT2D eigenvalue weighted by Crippen LogP contribution is 2.41. The van der Waals surface area contributed by atoms with Crippen molar-refractivity contribution < 1.29 is 32.9 Å². The summed E-state index contributed by atoms with van der Waals surface area (Å²) in [5, 5.41) is 18.0. The number of likely N-dealkylation sites (N-methyl/N-ethyl adjacent to an activating group) is 1. The number of nitrogens with two attached hydrogens (primary N) is 1. The van der Waals surface area contributed by atoms with Crippen molar-refractivity contribution in [2.75, 3.05) is 34.2 Å². The van der Waals surface area contributed by atoms with E-state index in [1.54, 1.807) is 38.4 Å². The molecular formula is C31H28F2N6O5. The Hall–Kier alpha value is -5.72. The van der Waals surface area contributed by atoms with Gasteiger partial charge in [0, 0.05) is 44.4 Å². The number of carbonyl (C=O) groups is 1. The number of phenols is 1. The summed E-state index contributed by atoms with van der Waals surface area (Å²) in [6.45, 7) is 1.35. The molecule has 4 N–H and O–H groups in total. The van der Waals surface area contributed by atoms with Gasteiger partial charge in [0.1, 0.15) is 23.2 Å². The van der Waals surface area contributed by atoms with E-state index in [-0.39, 0.29) is 40.1 Å². The molecule has 0 atom stereocenters. The minimum absolute atomic E-state index is 0.0262. The van der Waals surface area contributed by atoms with Crippen LogP contribution < -0.4 is 19.9 Å². The molecule has 13 heteroatoms. The minimum Gasteiger partial charge on any atom is -0.504 e. The maximum atomic E-state index is 15.9. The van der Waals surface area contributed by atoms with Gasteiger partial charge in [0.2, 0.25) is 17.4 Å². The van der Waals surface area contributed by atoms with E-state index in [1.807, 2.05) is 11.9 Å². The van der Waals surface area contributed by atoms with Crippen molar-refractivity contribution in [2.45, 2.75) is 0 Å². The van der Waals surface area contributed by atoms with E-state index in [4.69, 9.17) is 25.4 Å². The topological polar surface area (TPSA) is 147 Å². The number of amides is 1. The number of halogens is 2. The number of amidine groups is 2. The molecule has 0 saturated heterocycles. The molecule has 4 aromatic rings. The second kappa shape index (κ2) is 12.3. The van der Waals surface area contributed by atoms with Crippen LogP contribution in [-0.4, -0.2) is 71.7 Å². The molecule has 3 aromatic carbocycles. The van der Waals surface area contributed by atoms with Crippen LogP contribution in [0.1, 0.15) is 21.5 Å². The summed E-state index contributed by atoms with van der Waals surface area (Å²) < 4.78 is 48.8. The minimum atomic E-state index is -1.33. The highest BCUT2D eigenvalue weighted by molar-refractivity contribution is 6.00. The van der Waals surface area contributed by atoms with Gasteiger partial charge in [-0.2, -0.15) is 13.8 Å². The molecule has 1 amide bonds. The van der Waals surface area contributed by atoms with E-state index in [0.717, 1.165) is 6.54 Å². The van der Waals surface area contributed by atoms with Gasteiger partial charge in [-0.1, -0.05) is 18.2 Å². The molecule has 0 fully saturated rings. The number of ether oxygens (including phenoxy) is 3. The molecule has 11 nitrogen and oxygen atoms in total. The lowest BCUT2D eigenvalue weighted by molar-refractivity contribution is 0.0827. The van der Waals surface area contributed by atoms with Crippen LogP contribution in [0.3, 0.4) is 0 Å². The predicted octanol–water partition coefficient (Wildman–Crippen LogP) is 5.12. The Morgan fingerprint density at radius 3 is 2.30 bits per heavy atom. The third-order valence-corrected chi connectivity index (χ3v) is 6.53. The molecule has 5 rings (SSSR count). The van der Waals surface area contributed by atoms with Crippen LogP contribution in [0, 0.1) is 17.0 Å². The van der Waals surface area contributed by atoms with Crippen LogP contribution in [-0.2, 0) is 0 Å². The van der Waals surface area contributed by atoms with Crippen molar-refractivity contribution in [1.29, 1.82) is 5.41 Å². The maximum Gasteiger partial charge on any atom is 0.263 e. The van der Waals surface area contributed by atoms with Gasteiger partial charge in [0.25, 0.3) is 17.7 Å².